The SMILES string of the molecule is COc1ccc(OC)c(-c2csc(NC(=O)COC(=O)COc3ccc4ccc(=O)oc4c3)n2)c1. The van der Waals surface area contributed by atoms with Crippen LogP contribution < -0.4 is 25.2 Å². The number of rotatable bonds is 9. The van der Waals surface area contributed by atoms with E-state index in [9.17, 15) is 14.4 Å². The number of benzene rings is 2. The number of amides is 1. The summed E-state index contributed by atoms with van der Waals surface area (Å²) in [5.74, 6) is 0.273. The Kier molecular flexibility index (Phi) is 7.27. The monoisotopic (exact) mass is 496 g/mol. The van der Waals surface area contributed by atoms with Crippen molar-refractivity contribution in [2.75, 3.05) is 32.8 Å². The van der Waals surface area contributed by atoms with E-state index in [1.165, 1.54) is 23.5 Å². The van der Waals surface area contributed by atoms with Gasteiger partial charge in [-0.3, -0.25) is 10.1 Å². The molecule has 0 radical (unpaired) electrons. The first-order chi connectivity index (χ1) is 16.9. The number of aromatic nitrogens is 1. The van der Waals surface area contributed by atoms with Crippen LogP contribution in [0.1, 0.15) is 0 Å². The minimum absolute atomic E-state index is 0.316. The zero-order valence-corrected chi connectivity index (χ0v) is 19.5. The van der Waals surface area contributed by atoms with Crippen LogP contribution in [0.4, 0.5) is 5.13 Å². The Morgan fingerprint density at radius 2 is 1.80 bits per heavy atom. The fourth-order valence-corrected chi connectivity index (χ4v) is 3.81. The average Bonchev–Trinajstić information content (AvgIpc) is 3.33. The van der Waals surface area contributed by atoms with Crippen LogP contribution in [0.25, 0.3) is 22.2 Å². The van der Waals surface area contributed by atoms with Gasteiger partial charge in [0.2, 0.25) is 0 Å². The minimum Gasteiger partial charge on any atom is -0.497 e. The van der Waals surface area contributed by atoms with Crippen LogP contribution in [0, 0.1) is 0 Å². The molecule has 0 aliphatic rings. The van der Waals surface area contributed by atoms with Crippen LogP contribution in [0.3, 0.4) is 0 Å². The number of methoxy groups -OCH3 is 2. The second-order valence-corrected chi connectivity index (χ2v) is 7.91. The second-order valence-electron chi connectivity index (χ2n) is 7.06. The van der Waals surface area contributed by atoms with Crippen molar-refractivity contribution in [3.8, 4) is 28.5 Å². The summed E-state index contributed by atoms with van der Waals surface area (Å²) < 4.78 is 26.0. The highest BCUT2D eigenvalue weighted by atomic mass is 32.1. The summed E-state index contributed by atoms with van der Waals surface area (Å²) in [6, 6.07) is 13.1. The predicted octanol–water partition coefficient (Wildman–Crippen LogP) is 3.49. The van der Waals surface area contributed by atoms with Crippen molar-refractivity contribution < 1.29 is 33.0 Å². The zero-order chi connectivity index (χ0) is 24.8. The maximum atomic E-state index is 12.2. The molecule has 10 nitrogen and oxygen atoms in total. The number of carbonyl (C=O) groups is 2. The van der Waals surface area contributed by atoms with Crippen molar-refractivity contribution in [1.29, 1.82) is 0 Å². The van der Waals surface area contributed by atoms with Crippen molar-refractivity contribution in [3.05, 3.63) is 64.3 Å². The van der Waals surface area contributed by atoms with E-state index in [0.717, 1.165) is 0 Å². The van der Waals surface area contributed by atoms with Gasteiger partial charge in [0.1, 0.15) is 22.8 Å². The number of hydrogen-bond acceptors (Lipinski definition) is 10. The lowest BCUT2D eigenvalue weighted by Crippen LogP contribution is -2.23. The van der Waals surface area contributed by atoms with Crippen LogP contribution in [0.5, 0.6) is 17.2 Å². The van der Waals surface area contributed by atoms with Gasteiger partial charge in [-0.15, -0.1) is 11.3 Å². The van der Waals surface area contributed by atoms with Gasteiger partial charge < -0.3 is 23.4 Å². The van der Waals surface area contributed by atoms with E-state index in [2.05, 4.69) is 10.3 Å². The van der Waals surface area contributed by atoms with Crippen LogP contribution >= 0.6 is 11.3 Å². The first-order valence-electron chi connectivity index (χ1n) is 10.3. The van der Waals surface area contributed by atoms with Crippen LogP contribution in [0.15, 0.2) is 63.1 Å². The Morgan fingerprint density at radius 1 is 1.00 bits per heavy atom. The molecular weight excluding hydrogens is 476 g/mol. The third-order valence-electron chi connectivity index (χ3n) is 4.75. The molecule has 2 heterocycles. The van der Waals surface area contributed by atoms with Gasteiger partial charge in [0, 0.05) is 28.5 Å². The predicted molar refractivity (Wildman–Crippen MR) is 128 cm³/mol. The first kappa shape index (κ1) is 23.8. The third kappa shape index (κ3) is 5.95. The van der Waals surface area contributed by atoms with Gasteiger partial charge in [-0.25, -0.2) is 14.6 Å². The molecule has 2 aromatic heterocycles. The number of anilines is 1. The Balaban J connectivity index is 1.28. The van der Waals surface area contributed by atoms with Gasteiger partial charge in [0.05, 0.1) is 19.9 Å². The molecular formula is C24H20N2O8S. The number of fused-ring (bicyclic) bond motifs is 1. The number of ether oxygens (including phenoxy) is 4. The maximum absolute atomic E-state index is 12.2. The Bertz CT molecular complexity index is 1430. The van der Waals surface area contributed by atoms with E-state index in [1.807, 2.05) is 0 Å². The van der Waals surface area contributed by atoms with Crippen LogP contribution in [-0.2, 0) is 14.3 Å². The summed E-state index contributed by atoms with van der Waals surface area (Å²) in [6.07, 6.45) is 0. The lowest BCUT2D eigenvalue weighted by atomic mass is 10.1. The van der Waals surface area contributed by atoms with Crippen molar-refractivity contribution in [2.24, 2.45) is 0 Å². The van der Waals surface area contributed by atoms with E-state index < -0.39 is 30.7 Å². The van der Waals surface area contributed by atoms with Gasteiger partial charge in [0.25, 0.3) is 5.91 Å². The molecule has 1 N–H and O–H groups in total. The molecule has 1 amide bonds. The quantitative estimate of drug-likeness (QED) is 0.274. The van der Waals surface area contributed by atoms with Gasteiger partial charge in [-0.1, -0.05) is 0 Å². The molecule has 0 aliphatic heterocycles. The number of hydrogen-bond donors (Lipinski definition) is 1. The van der Waals surface area contributed by atoms with Crippen LogP contribution in [0.2, 0.25) is 0 Å². The molecule has 35 heavy (non-hydrogen) atoms. The Hall–Kier alpha value is -4.38. The molecule has 180 valence electrons. The number of thiazole rings is 1. The highest BCUT2D eigenvalue weighted by Gasteiger charge is 2.14. The molecule has 0 saturated carbocycles. The van der Waals surface area contributed by atoms with E-state index in [0.29, 0.717) is 44.6 Å². The van der Waals surface area contributed by atoms with Crippen molar-refractivity contribution >= 4 is 39.3 Å². The lowest BCUT2D eigenvalue weighted by molar-refractivity contribution is -0.149. The Labute approximate surface area is 203 Å². The maximum Gasteiger partial charge on any atom is 0.344 e. The molecule has 0 bridgehead atoms. The van der Waals surface area contributed by atoms with Crippen LogP contribution in [-0.4, -0.2) is 44.3 Å². The van der Waals surface area contributed by atoms with Gasteiger partial charge in [-0.2, -0.15) is 0 Å². The van der Waals surface area contributed by atoms with Gasteiger partial charge in [-0.05, 0) is 36.4 Å². The molecule has 4 aromatic rings. The number of carbonyl (C=O) groups excluding carboxylic acids is 2. The van der Waals surface area contributed by atoms with E-state index >= 15 is 0 Å². The Morgan fingerprint density at radius 3 is 2.60 bits per heavy atom. The van der Waals surface area contributed by atoms with Gasteiger partial charge in [0.15, 0.2) is 18.3 Å². The summed E-state index contributed by atoms with van der Waals surface area (Å²) in [7, 11) is 3.11. The smallest absolute Gasteiger partial charge is 0.344 e. The summed E-state index contributed by atoms with van der Waals surface area (Å²) in [5, 5.41) is 5.40. The second kappa shape index (κ2) is 10.7. The topological polar surface area (TPSA) is 126 Å². The van der Waals surface area contributed by atoms with Gasteiger partial charge >= 0.3 is 11.6 Å². The number of esters is 1. The van der Waals surface area contributed by atoms with Crippen molar-refractivity contribution in [2.45, 2.75) is 0 Å². The molecule has 0 saturated heterocycles. The highest BCUT2D eigenvalue weighted by molar-refractivity contribution is 7.14. The molecule has 4 rings (SSSR count). The van der Waals surface area contributed by atoms with Crippen molar-refractivity contribution in [1.82, 2.24) is 4.98 Å². The van der Waals surface area contributed by atoms with Crippen molar-refractivity contribution in [3.63, 3.8) is 0 Å². The number of nitrogens with zero attached hydrogens (tertiary/aromatic N) is 1. The molecule has 11 heteroatoms. The highest BCUT2D eigenvalue weighted by Crippen LogP contribution is 2.35. The molecule has 0 atom stereocenters. The third-order valence-corrected chi connectivity index (χ3v) is 5.51. The summed E-state index contributed by atoms with van der Waals surface area (Å²) in [6.45, 7) is -0.931. The zero-order valence-electron chi connectivity index (χ0n) is 18.7. The number of nitrogens with one attached hydrogen (secondary N) is 1. The molecule has 0 aliphatic carbocycles. The van der Waals surface area contributed by atoms with E-state index in [1.54, 1.807) is 56.0 Å². The minimum atomic E-state index is -0.740. The summed E-state index contributed by atoms with van der Waals surface area (Å²) in [4.78, 5) is 39.9. The first-order valence-corrected chi connectivity index (χ1v) is 11.1. The largest absolute Gasteiger partial charge is 0.497 e. The standard InChI is InChI=1S/C24H20N2O8S/c1-30-15-6-7-19(31-2)17(9-15)18-13-35-24(25-18)26-21(27)11-33-23(29)12-32-16-5-3-14-4-8-22(28)34-20(14)10-16/h3-10,13H,11-12H2,1-2H3,(H,25,26,27). The molecule has 2 aromatic carbocycles. The lowest BCUT2D eigenvalue weighted by Gasteiger charge is -2.08. The molecule has 0 unspecified atom stereocenters. The average molecular weight is 496 g/mol. The normalized spacial score (nSPS) is 10.6. The molecule has 0 spiro atoms. The van der Waals surface area contributed by atoms with E-state index in [-0.39, 0.29) is 0 Å². The fraction of sp³-hybridized carbons (Fsp3) is 0.167. The van der Waals surface area contributed by atoms with E-state index in [4.69, 9.17) is 23.4 Å². The fourth-order valence-electron chi connectivity index (χ4n) is 3.09. The summed E-state index contributed by atoms with van der Waals surface area (Å²) >= 11 is 1.21. The molecule has 0 fully saturated rings. The summed E-state index contributed by atoms with van der Waals surface area (Å²) in [5.41, 5.74) is 1.14.